The number of nitrogens with one attached hydrogen (secondary N) is 1. The van der Waals surface area contributed by atoms with Gasteiger partial charge < -0.3 is 4.74 Å². The molecule has 0 aliphatic rings. The lowest BCUT2D eigenvalue weighted by Gasteiger charge is -2.33. The van der Waals surface area contributed by atoms with Gasteiger partial charge in [0.25, 0.3) is 0 Å². The Hall–Kier alpha value is -2.20. The van der Waals surface area contributed by atoms with Crippen LogP contribution >= 0.6 is 11.4 Å². The number of thiol groups is 1. The maximum atomic E-state index is 5.32. The molecular weight excluding hydrogens is 350 g/mol. The molecule has 139 valence electrons. The Morgan fingerprint density at radius 3 is 1.63 bits per heavy atom. The molecule has 0 spiro atoms. The molecule has 27 heavy (non-hydrogen) atoms. The van der Waals surface area contributed by atoms with Crippen LogP contribution in [0, 0.1) is 6.92 Å². The summed E-state index contributed by atoms with van der Waals surface area (Å²) >= 11 is 1.15. The van der Waals surface area contributed by atoms with Crippen molar-refractivity contribution in [2.24, 2.45) is 0 Å². The molecule has 0 atom stereocenters. The fraction of sp³-hybridized carbons (Fsp3) is 0.167. The molecule has 0 aliphatic carbocycles. The van der Waals surface area contributed by atoms with E-state index >= 15 is 0 Å². The fourth-order valence-electron chi connectivity index (χ4n) is 3.20. The third-order valence-corrected chi connectivity index (χ3v) is 5.93. The first-order valence-corrected chi connectivity index (χ1v) is 10.1. The van der Waals surface area contributed by atoms with Gasteiger partial charge in [-0.05, 0) is 23.6 Å². The Balaban J connectivity index is 2.07. The fourth-order valence-corrected chi connectivity index (χ4v) is 4.51. The first-order valence-electron chi connectivity index (χ1n) is 9.18. The first-order chi connectivity index (χ1) is 13.4. The minimum Gasteiger partial charge on any atom is -0.380 e. The van der Waals surface area contributed by atoms with Crippen LogP contribution in [-0.4, -0.2) is 25.2 Å². The van der Waals surface area contributed by atoms with Crippen molar-refractivity contribution in [2.45, 2.75) is 4.75 Å². The van der Waals surface area contributed by atoms with Crippen molar-refractivity contribution >= 4 is 16.8 Å². The van der Waals surface area contributed by atoms with E-state index in [4.69, 9.17) is 4.74 Å². The van der Waals surface area contributed by atoms with Crippen LogP contribution in [0.15, 0.2) is 91.0 Å². The normalized spacial score (nSPS) is 12.0. The Labute approximate surface area is 166 Å². The van der Waals surface area contributed by atoms with Gasteiger partial charge in [-0.3, -0.25) is 5.32 Å². The monoisotopic (exact) mass is 376 g/mol. The van der Waals surface area contributed by atoms with Gasteiger partial charge in [0, 0.05) is 18.6 Å². The molecule has 1 N–H and O–H groups in total. The van der Waals surface area contributed by atoms with Gasteiger partial charge in [0.2, 0.25) is 0 Å². The summed E-state index contributed by atoms with van der Waals surface area (Å²) in [5.41, 5.74) is 5.96. The summed E-state index contributed by atoms with van der Waals surface area (Å²) < 4.78 is 5.05. The van der Waals surface area contributed by atoms with E-state index < -0.39 is 0 Å². The van der Waals surface area contributed by atoms with Crippen molar-refractivity contribution in [3.8, 4) is 0 Å². The smallest absolute Gasteiger partial charge is 0.0841 e. The van der Waals surface area contributed by atoms with E-state index in [1.165, 1.54) is 16.7 Å². The molecule has 0 saturated heterocycles. The molecule has 3 heteroatoms. The summed E-state index contributed by atoms with van der Waals surface area (Å²) in [7, 11) is 0. The summed E-state index contributed by atoms with van der Waals surface area (Å²) in [6.07, 6.45) is 0. The van der Waals surface area contributed by atoms with E-state index in [1.54, 1.807) is 0 Å². The molecule has 0 saturated carbocycles. The lowest BCUT2D eigenvalue weighted by molar-refractivity contribution is 0.166. The quantitative estimate of drug-likeness (QED) is 0.246. The predicted octanol–water partition coefficient (Wildman–Crippen LogP) is 4.64. The summed E-state index contributed by atoms with van der Waals surface area (Å²) in [6, 6.07) is 32.2. The number of ether oxygens (including phenoxy) is 1. The van der Waals surface area contributed by atoms with E-state index in [2.05, 4.69) is 109 Å². The highest BCUT2D eigenvalue weighted by Crippen LogP contribution is 2.44. The molecule has 3 aromatic rings. The molecule has 0 unspecified atom stereocenters. The topological polar surface area (TPSA) is 21.3 Å². The average Bonchev–Trinajstić information content (AvgIpc) is 2.75. The molecule has 0 fully saturated rings. The summed E-state index contributed by atoms with van der Waals surface area (Å²) in [6.45, 7) is 5.63. The van der Waals surface area contributed by atoms with Crippen LogP contribution in [0.25, 0.3) is 0 Å². The van der Waals surface area contributed by atoms with Crippen LogP contribution in [0.5, 0.6) is 0 Å². The highest BCUT2D eigenvalue weighted by atomic mass is 32.1. The standard InChI is InChI=1S/C24H26NOS/c1-2-26-19-18-25-20-27-24(21-12-6-3-7-13-21,22-14-8-4-9-15-22)23-16-10-5-11-17-23/h3-17,20,25,27H,1-2,18-19H2. The summed E-state index contributed by atoms with van der Waals surface area (Å²) in [4.78, 5) is 0. The highest BCUT2D eigenvalue weighted by molar-refractivity contribution is 7.98. The van der Waals surface area contributed by atoms with E-state index in [-0.39, 0.29) is 4.75 Å². The second kappa shape index (κ2) is 10.2. The minimum atomic E-state index is -0.274. The van der Waals surface area contributed by atoms with Crippen LogP contribution in [-0.2, 0) is 9.48 Å². The third-order valence-electron chi connectivity index (χ3n) is 4.46. The van der Waals surface area contributed by atoms with E-state index in [1.807, 2.05) is 0 Å². The number of benzene rings is 3. The van der Waals surface area contributed by atoms with Crippen LogP contribution in [0.2, 0.25) is 0 Å². The Morgan fingerprint density at radius 2 is 1.22 bits per heavy atom. The Morgan fingerprint density at radius 1 is 0.778 bits per heavy atom. The second-order valence-corrected chi connectivity index (χ2v) is 7.32. The number of hydrogen-bond donors (Lipinski definition) is 2. The average molecular weight is 377 g/mol. The van der Waals surface area contributed by atoms with E-state index in [0.29, 0.717) is 13.2 Å². The van der Waals surface area contributed by atoms with Crippen molar-refractivity contribution in [3.63, 3.8) is 0 Å². The van der Waals surface area contributed by atoms with E-state index in [0.717, 1.165) is 17.9 Å². The van der Waals surface area contributed by atoms with E-state index in [9.17, 15) is 0 Å². The molecule has 0 bridgehead atoms. The van der Waals surface area contributed by atoms with Gasteiger partial charge in [-0.2, -0.15) is 11.4 Å². The van der Waals surface area contributed by atoms with Crippen LogP contribution in [0.3, 0.4) is 0 Å². The predicted molar refractivity (Wildman–Crippen MR) is 118 cm³/mol. The van der Waals surface area contributed by atoms with Gasteiger partial charge in [0.1, 0.15) is 0 Å². The molecule has 0 heterocycles. The van der Waals surface area contributed by atoms with Gasteiger partial charge in [-0.1, -0.05) is 91.0 Å². The van der Waals surface area contributed by atoms with Gasteiger partial charge in [0.05, 0.1) is 11.4 Å². The van der Waals surface area contributed by atoms with Crippen molar-refractivity contribution in [1.82, 2.24) is 5.32 Å². The van der Waals surface area contributed by atoms with Gasteiger partial charge >= 0.3 is 0 Å². The molecule has 0 amide bonds. The molecule has 2 nitrogen and oxygen atoms in total. The van der Waals surface area contributed by atoms with Gasteiger partial charge in [0.15, 0.2) is 0 Å². The van der Waals surface area contributed by atoms with Crippen molar-refractivity contribution in [1.29, 1.82) is 0 Å². The van der Waals surface area contributed by atoms with Crippen molar-refractivity contribution < 1.29 is 4.74 Å². The molecule has 1 radical (unpaired) electrons. The van der Waals surface area contributed by atoms with Crippen molar-refractivity contribution in [2.75, 3.05) is 19.8 Å². The Bertz CT molecular complexity index is 722. The second-order valence-electron chi connectivity index (χ2n) is 6.13. The molecule has 3 aromatic carbocycles. The largest absolute Gasteiger partial charge is 0.380 e. The zero-order valence-electron chi connectivity index (χ0n) is 15.4. The SMILES string of the molecule is [CH2]COCCNC=[SH]C(c1ccccc1)(c1ccccc1)c1ccccc1. The summed E-state index contributed by atoms with van der Waals surface area (Å²) in [5.74, 6) is 0. The lowest BCUT2D eigenvalue weighted by atomic mass is 9.84. The minimum absolute atomic E-state index is 0.274. The number of rotatable bonds is 9. The van der Waals surface area contributed by atoms with Gasteiger partial charge in [-0.15, -0.1) is 0 Å². The zero-order chi connectivity index (χ0) is 18.8. The van der Waals surface area contributed by atoms with Crippen LogP contribution in [0.4, 0.5) is 0 Å². The lowest BCUT2D eigenvalue weighted by Crippen LogP contribution is -2.26. The maximum Gasteiger partial charge on any atom is 0.0841 e. The molecular formula is C24H26NOS. The zero-order valence-corrected chi connectivity index (χ0v) is 16.3. The first kappa shape index (κ1) is 19.6. The van der Waals surface area contributed by atoms with Crippen LogP contribution < -0.4 is 5.32 Å². The highest BCUT2D eigenvalue weighted by Gasteiger charge is 2.33. The summed E-state index contributed by atoms with van der Waals surface area (Å²) in [5, 5.41) is 3.39. The maximum absolute atomic E-state index is 5.32. The number of hydrogen-bond acceptors (Lipinski definition) is 1. The van der Waals surface area contributed by atoms with Crippen molar-refractivity contribution in [3.05, 3.63) is 115 Å². The Kier molecular flexibility index (Phi) is 7.40. The van der Waals surface area contributed by atoms with Gasteiger partial charge in [-0.25, -0.2) is 0 Å². The molecule has 3 rings (SSSR count). The van der Waals surface area contributed by atoms with Crippen LogP contribution in [0.1, 0.15) is 16.7 Å². The molecule has 0 aliphatic heterocycles. The third kappa shape index (κ3) is 4.75. The molecule has 0 aromatic heterocycles.